The highest BCUT2D eigenvalue weighted by molar-refractivity contribution is 5.92. The van der Waals surface area contributed by atoms with Crippen LogP contribution < -0.4 is 21.7 Å². The number of nitrogens with two attached hydrogens (primary N) is 2. The van der Waals surface area contributed by atoms with Gasteiger partial charge in [0.05, 0.1) is 24.3 Å². The Labute approximate surface area is 222 Å². The number of fused-ring (bicyclic) bond motifs is 1. The third kappa shape index (κ3) is 5.64. The van der Waals surface area contributed by atoms with Gasteiger partial charge in [-0.15, -0.1) is 0 Å². The van der Waals surface area contributed by atoms with E-state index in [0.717, 1.165) is 43.6 Å². The van der Waals surface area contributed by atoms with E-state index in [1.165, 1.54) is 0 Å². The second-order valence-electron chi connectivity index (χ2n) is 10.8. The quantitative estimate of drug-likeness (QED) is 0.255. The summed E-state index contributed by atoms with van der Waals surface area (Å²) >= 11 is 0. The largest absolute Gasteiger partial charge is 0.366 e. The van der Waals surface area contributed by atoms with Gasteiger partial charge in [0.1, 0.15) is 6.17 Å². The van der Waals surface area contributed by atoms with Crippen molar-refractivity contribution in [3.8, 4) is 0 Å². The number of nitrogens with zero attached hydrogens (tertiary/aromatic N) is 7. The first-order valence-electron chi connectivity index (χ1n) is 13.2. The van der Waals surface area contributed by atoms with Crippen molar-refractivity contribution < 1.29 is 9.18 Å². The molecule has 4 heterocycles. The SMILES string of the molecule is C=C(C(N)=O)[C@@H]1CN(c2nc(Nc3cn(CCCCCN)nc3CC)c3ncn(C(C)(C)C)c3n2)C[C@@H]1F. The lowest BCUT2D eigenvalue weighted by atomic mass is 9.98. The summed E-state index contributed by atoms with van der Waals surface area (Å²) in [6.07, 6.45) is 6.21. The van der Waals surface area contributed by atoms with Crippen molar-refractivity contribution >= 4 is 34.5 Å². The zero-order chi connectivity index (χ0) is 27.6. The van der Waals surface area contributed by atoms with Crippen molar-refractivity contribution in [3.05, 3.63) is 30.4 Å². The number of carbonyl (C=O) groups excluding carboxylic acids is 1. The molecule has 0 aliphatic carbocycles. The highest BCUT2D eigenvalue weighted by Gasteiger charge is 2.38. The summed E-state index contributed by atoms with van der Waals surface area (Å²) in [6.45, 7) is 13.7. The van der Waals surface area contributed by atoms with Crippen molar-refractivity contribution in [3.63, 3.8) is 0 Å². The number of halogens is 1. The minimum Gasteiger partial charge on any atom is -0.366 e. The minimum atomic E-state index is -1.30. The molecule has 3 aromatic rings. The summed E-state index contributed by atoms with van der Waals surface area (Å²) in [5.74, 6) is -0.547. The fraction of sp³-hybridized carbons (Fsp3) is 0.577. The van der Waals surface area contributed by atoms with Crippen molar-refractivity contribution in [2.45, 2.75) is 71.6 Å². The summed E-state index contributed by atoms with van der Waals surface area (Å²) in [4.78, 5) is 27.6. The summed E-state index contributed by atoms with van der Waals surface area (Å²) in [5.41, 5.74) is 13.8. The van der Waals surface area contributed by atoms with Gasteiger partial charge in [-0.3, -0.25) is 9.48 Å². The smallest absolute Gasteiger partial charge is 0.244 e. The lowest BCUT2D eigenvalue weighted by Crippen LogP contribution is -2.26. The van der Waals surface area contributed by atoms with Gasteiger partial charge in [0.2, 0.25) is 11.9 Å². The van der Waals surface area contributed by atoms with Gasteiger partial charge < -0.3 is 26.3 Å². The second kappa shape index (κ2) is 11.1. The normalized spacial score (nSPS) is 17.9. The number of carbonyl (C=O) groups is 1. The molecule has 1 fully saturated rings. The molecule has 0 unspecified atom stereocenters. The number of imidazole rings is 1. The fourth-order valence-electron chi connectivity index (χ4n) is 4.71. The summed E-state index contributed by atoms with van der Waals surface area (Å²) in [7, 11) is 0. The fourth-order valence-corrected chi connectivity index (χ4v) is 4.71. The molecule has 38 heavy (non-hydrogen) atoms. The Kier molecular flexibility index (Phi) is 8.00. The highest BCUT2D eigenvalue weighted by atomic mass is 19.1. The summed E-state index contributed by atoms with van der Waals surface area (Å²) in [5, 5.41) is 8.18. The maximum absolute atomic E-state index is 14.9. The first-order valence-corrected chi connectivity index (χ1v) is 13.2. The molecule has 0 radical (unpaired) electrons. The zero-order valence-corrected chi connectivity index (χ0v) is 22.7. The van der Waals surface area contributed by atoms with Crippen molar-refractivity contribution in [1.82, 2.24) is 29.3 Å². The Hall–Kier alpha value is -3.54. The standard InChI is InChI=1S/C26H39FN10O/c1-6-19-20(14-36(34-19)11-9-7-8-10-28)31-23-21-24(37(15-30-21)26(3,4)5)33-25(32-23)35-12-17(18(27)13-35)16(2)22(29)38/h14-15,17-18H,2,6-13,28H2,1,3-5H3,(H2,29,38)(H,31,32,33)/t17-,18-/m0/s1. The number of unbranched alkanes of at least 4 members (excludes halogenated alkanes) is 2. The molecule has 3 aromatic heterocycles. The Morgan fingerprint density at radius 2 is 2.00 bits per heavy atom. The molecule has 2 atom stereocenters. The molecule has 0 saturated carbocycles. The lowest BCUT2D eigenvalue weighted by Gasteiger charge is -2.22. The van der Waals surface area contributed by atoms with Crippen LogP contribution in [0.25, 0.3) is 11.2 Å². The van der Waals surface area contributed by atoms with Crippen molar-refractivity contribution in [2.75, 3.05) is 29.9 Å². The van der Waals surface area contributed by atoms with Gasteiger partial charge in [-0.25, -0.2) is 9.37 Å². The maximum Gasteiger partial charge on any atom is 0.244 e. The Balaban J connectivity index is 1.71. The number of anilines is 3. The van der Waals surface area contributed by atoms with Gasteiger partial charge in [0, 0.05) is 36.3 Å². The molecule has 5 N–H and O–H groups in total. The molecular weight excluding hydrogens is 487 g/mol. The van der Waals surface area contributed by atoms with Crippen LogP contribution in [0.2, 0.25) is 0 Å². The molecule has 206 valence electrons. The van der Waals surface area contributed by atoms with E-state index in [1.807, 2.05) is 15.4 Å². The van der Waals surface area contributed by atoms with E-state index in [-0.39, 0.29) is 24.2 Å². The first kappa shape index (κ1) is 27.5. The van der Waals surface area contributed by atoms with Gasteiger partial charge in [0.25, 0.3) is 0 Å². The first-order chi connectivity index (χ1) is 18.0. The van der Waals surface area contributed by atoms with Crippen molar-refractivity contribution in [2.24, 2.45) is 17.4 Å². The van der Waals surface area contributed by atoms with Gasteiger partial charge in [0.15, 0.2) is 17.0 Å². The summed E-state index contributed by atoms with van der Waals surface area (Å²) in [6, 6.07) is 0. The molecule has 0 spiro atoms. The zero-order valence-electron chi connectivity index (χ0n) is 22.7. The molecule has 1 saturated heterocycles. The molecule has 0 bridgehead atoms. The van der Waals surface area contributed by atoms with Crippen LogP contribution in [0.5, 0.6) is 0 Å². The third-order valence-electron chi connectivity index (χ3n) is 6.92. The van der Waals surface area contributed by atoms with Crippen molar-refractivity contribution in [1.29, 1.82) is 0 Å². The Morgan fingerprint density at radius 3 is 2.66 bits per heavy atom. The second-order valence-corrected chi connectivity index (χ2v) is 10.8. The van der Waals surface area contributed by atoms with Crippen LogP contribution >= 0.6 is 0 Å². The van der Waals surface area contributed by atoms with Gasteiger partial charge >= 0.3 is 0 Å². The number of amides is 1. The average molecular weight is 527 g/mol. The van der Waals surface area contributed by atoms with E-state index in [4.69, 9.17) is 26.5 Å². The molecule has 11 nitrogen and oxygen atoms in total. The molecular formula is C26H39FN10O. The highest BCUT2D eigenvalue weighted by Crippen LogP contribution is 2.33. The van der Waals surface area contributed by atoms with Crippen LogP contribution in [0.15, 0.2) is 24.7 Å². The number of primary amides is 1. The minimum absolute atomic E-state index is 0.0342. The topological polar surface area (TPSA) is 146 Å². The van der Waals surface area contributed by atoms with Gasteiger partial charge in [-0.1, -0.05) is 19.9 Å². The average Bonchev–Trinajstić information content (AvgIpc) is 3.57. The van der Waals surface area contributed by atoms with E-state index in [9.17, 15) is 9.18 Å². The van der Waals surface area contributed by atoms with Crippen LogP contribution in [0.3, 0.4) is 0 Å². The molecule has 12 heteroatoms. The van der Waals surface area contributed by atoms with Crippen LogP contribution in [0.4, 0.5) is 21.8 Å². The lowest BCUT2D eigenvalue weighted by molar-refractivity contribution is -0.115. The van der Waals surface area contributed by atoms with E-state index < -0.39 is 18.0 Å². The number of alkyl halides is 1. The van der Waals surface area contributed by atoms with E-state index in [1.54, 1.807) is 11.2 Å². The number of rotatable bonds is 11. The monoisotopic (exact) mass is 526 g/mol. The predicted octanol–water partition coefficient (Wildman–Crippen LogP) is 3.03. The maximum atomic E-state index is 14.9. The molecule has 1 aliphatic heterocycles. The number of hydrogen-bond donors (Lipinski definition) is 3. The van der Waals surface area contributed by atoms with Crippen LogP contribution in [-0.2, 0) is 23.3 Å². The number of aromatic nitrogens is 6. The number of hydrogen-bond acceptors (Lipinski definition) is 8. The predicted molar refractivity (Wildman–Crippen MR) is 147 cm³/mol. The number of aryl methyl sites for hydroxylation is 2. The molecule has 1 aliphatic rings. The summed E-state index contributed by atoms with van der Waals surface area (Å²) < 4.78 is 18.9. The van der Waals surface area contributed by atoms with Crippen LogP contribution in [-0.4, -0.2) is 61.0 Å². The third-order valence-corrected chi connectivity index (χ3v) is 6.92. The Morgan fingerprint density at radius 1 is 1.24 bits per heavy atom. The van der Waals surface area contributed by atoms with E-state index >= 15 is 0 Å². The molecule has 4 rings (SSSR count). The Bertz CT molecular complexity index is 1310. The van der Waals surface area contributed by atoms with Crippen LogP contribution in [0.1, 0.15) is 52.7 Å². The van der Waals surface area contributed by atoms with Gasteiger partial charge in [-0.2, -0.15) is 15.1 Å². The van der Waals surface area contributed by atoms with E-state index in [0.29, 0.717) is 29.5 Å². The molecule has 0 aromatic carbocycles. The number of nitrogens with one attached hydrogen (secondary N) is 1. The van der Waals surface area contributed by atoms with E-state index in [2.05, 4.69) is 44.6 Å². The van der Waals surface area contributed by atoms with Gasteiger partial charge in [-0.05, 0) is 46.6 Å². The molecule has 1 amide bonds. The van der Waals surface area contributed by atoms with Crippen LogP contribution in [0, 0.1) is 5.92 Å².